The fraction of sp³-hybridized carbons (Fsp3) is 0.133. The minimum Gasteiger partial charge on any atom is -0.497 e. The van der Waals surface area contributed by atoms with Gasteiger partial charge in [-0.3, -0.25) is 4.79 Å². The third-order valence-corrected chi connectivity index (χ3v) is 2.77. The average Bonchev–Trinajstić information content (AvgIpc) is 2.46. The number of methoxy groups -OCH3 is 1. The van der Waals surface area contributed by atoms with Crippen LogP contribution in [0.1, 0.15) is 10.4 Å². The summed E-state index contributed by atoms with van der Waals surface area (Å²) in [6.45, 7) is 0.0293. The lowest BCUT2D eigenvalue weighted by molar-refractivity contribution is 0.100. The van der Waals surface area contributed by atoms with Crippen LogP contribution in [0, 0.1) is 0 Å². The minimum atomic E-state index is -0.0558. The van der Waals surface area contributed by atoms with Gasteiger partial charge in [-0.15, -0.1) is 0 Å². The Morgan fingerprint density at radius 3 is 2.44 bits per heavy atom. The second-order valence-corrected chi connectivity index (χ2v) is 3.94. The van der Waals surface area contributed by atoms with Gasteiger partial charge in [0.05, 0.1) is 13.7 Å². The Balaban J connectivity index is 2.41. The van der Waals surface area contributed by atoms with Gasteiger partial charge in [0, 0.05) is 5.56 Å². The van der Waals surface area contributed by atoms with Crippen molar-refractivity contribution in [3.8, 4) is 16.9 Å². The second kappa shape index (κ2) is 5.47. The molecule has 2 N–H and O–H groups in total. The van der Waals surface area contributed by atoms with E-state index in [-0.39, 0.29) is 12.3 Å². The average molecular weight is 241 g/mol. The van der Waals surface area contributed by atoms with Gasteiger partial charge in [0.1, 0.15) is 5.75 Å². The summed E-state index contributed by atoms with van der Waals surface area (Å²) < 4.78 is 5.19. The van der Waals surface area contributed by atoms with Gasteiger partial charge in [0.25, 0.3) is 0 Å². The third kappa shape index (κ3) is 2.57. The van der Waals surface area contributed by atoms with Gasteiger partial charge < -0.3 is 10.5 Å². The SMILES string of the molecule is COc1cccc(-c2cccc(C(=O)CN)c2)c1. The first kappa shape index (κ1) is 12.3. The third-order valence-electron chi connectivity index (χ3n) is 2.77. The molecule has 0 fully saturated rings. The summed E-state index contributed by atoms with van der Waals surface area (Å²) in [4.78, 5) is 11.6. The predicted octanol–water partition coefficient (Wildman–Crippen LogP) is 2.50. The van der Waals surface area contributed by atoms with Crippen LogP contribution in [-0.4, -0.2) is 19.4 Å². The van der Waals surface area contributed by atoms with E-state index in [1.807, 2.05) is 42.5 Å². The van der Waals surface area contributed by atoms with Gasteiger partial charge in [-0.05, 0) is 29.3 Å². The lowest BCUT2D eigenvalue weighted by Crippen LogP contribution is -2.13. The fourth-order valence-corrected chi connectivity index (χ4v) is 1.79. The van der Waals surface area contributed by atoms with Crippen LogP contribution in [-0.2, 0) is 0 Å². The molecule has 0 saturated heterocycles. The molecule has 0 aliphatic carbocycles. The molecule has 0 radical (unpaired) electrons. The maximum absolute atomic E-state index is 11.6. The molecule has 0 amide bonds. The van der Waals surface area contributed by atoms with E-state index in [1.165, 1.54) is 0 Å². The molecular formula is C15H15NO2. The maximum Gasteiger partial charge on any atom is 0.176 e. The molecule has 0 heterocycles. The maximum atomic E-state index is 11.6. The van der Waals surface area contributed by atoms with Crippen LogP contribution in [0.2, 0.25) is 0 Å². The number of ketones is 1. The molecule has 3 heteroatoms. The summed E-state index contributed by atoms with van der Waals surface area (Å²) >= 11 is 0. The van der Waals surface area contributed by atoms with Gasteiger partial charge >= 0.3 is 0 Å². The molecule has 0 aliphatic rings. The molecular weight excluding hydrogens is 226 g/mol. The monoisotopic (exact) mass is 241 g/mol. The molecule has 18 heavy (non-hydrogen) atoms. The number of Topliss-reactive ketones (excluding diaryl/α,β-unsaturated/α-hetero) is 1. The number of carbonyl (C=O) groups is 1. The molecule has 0 unspecified atom stereocenters. The zero-order valence-corrected chi connectivity index (χ0v) is 10.2. The van der Waals surface area contributed by atoms with E-state index in [2.05, 4.69) is 0 Å². The van der Waals surface area contributed by atoms with Crippen LogP contribution >= 0.6 is 0 Å². The normalized spacial score (nSPS) is 10.1. The van der Waals surface area contributed by atoms with Crippen molar-refractivity contribution in [3.05, 3.63) is 54.1 Å². The van der Waals surface area contributed by atoms with Crippen molar-refractivity contribution in [2.45, 2.75) is 0 Å². The Hall–Kier alpha value is -2.13. The van der Waals surface area contributed by atoms with Crippen LogP contribution in [0.4, 0.5) is 0 Å². The highest BCUT2D eigenvalue weighted by molar-refractivity contribution is 5.98. The predicted molar refractivity (Wildman–Crippen MR) is 71.8 cm³/mol. The van der Waals surface area contributed by atoms with E-state index in [0.717, 1.165) is 16.9 Å². The summed E-state index contributed by atoms with van der Waals surface area (Å²) in [6.07, 6.45) is 0. The Bertz CT molecular complexity index is 564. The van der Waals surface area contributed by atoms with E-state index in [4.69, 9.17) is 10.5 Å². The molecule has 2 aromatic rings. The van der Waals surface area contributed by atoms with E-state index >= 15 is 0 Å². The first-order chi connectivity index (χ1) is 8.74. The summed E-state index contributed by atoms with van der Waals surface area (Å²) in [5, 5.41) is 0. The molecule has 0 aromatic heterocycles. The first-order valence-corrected chi connectivity index (χ1v) is 5.72. The zero-order chi connectivity index (χ0) is 13.0. The minimum absolute atomic E-state index is 0.0293. The van der Waals surface area contributed by atoms with Crippen LogP contribution in [0.5, 0.6) is 5.75 Å². The van der Waals surface area contributed by atoms with E-state index in [1.54, 1.807) is 13.2 Å². The standard InChI is InChI=1S/C15H15NO2/c1-18-14-7-3-5-12(9-14)11-4-2-6-13(8-11)15(17)10-16/h2-9H,10,16H2,1H3. The first-order valence-electron chi connectivity index (χ1n) is 5.72. The molecule has 0 bridgehead atoms. The summed E-state index contributed by atoms with van der Waals surface area (Å²) in [5.74, 6) is 0.739. The Morgan fingerprint density at radius 1 is 1.11 bits per heavy atom. The highest BCUT2D eigenvalue weighted by atomic mass is 16.5. The lowest BCUT2D eigenvalue weighted by atomic mass is 10.0. The number of ether oxygens (including phenoxy) is 1. The topological polar surface area (TPSA) is 52.3 Å². The number of nitrogens with two attached hydrogens (primary N) is 1. The van der Waals surface area contributed by atoms with Gasteiger partial charge in [-0.2, -0.15) is 0 Å². The molecule has 2 aromatic carbocycles. The van der Waals surface area contributed by atoms with Crippen molar-refractivity contribution < 1.29 is 9.53 Å². The highest BCUT2D eigenvalue weighted by Crippen LogP contribution is 2.24. The number of benzene rings is 2. The Kier molecular flexibility index (Phi) is 3.75. The highest BCUT2D eigenvalue weighted by Gasteiger charge is 2.05. The van der Waals surface area contributed by atoms with Crippen molar-refractivity contribution >= 4 is 5.78 Å². The zero-order valence-electron chi connectivity index (χ0n) is 10.2. The number of hydrogen-bond donors (Lipinski definition) is 1. The van der Waals surface area contributed by atoms with Gasteiger partial charge in [0.2, 0.25) is 0 Å². The van der Waals surface area contributed by atoms with E-state index in [9.17, 15) is 4.79 Å². The second-order valence-electron chi connectivity index (χ2n) is 3.94. The number of hydrogen-bond acceptors (Lipinski definition) is 3. The fourth-order valence-electron chi connectivity index (χ4n) is 1.79. The smallest absolute Gasteiger partial charge is 0.176 e. The van der Waals surface area contributed by atoms with Crippen molar-refractivity contribution in [1.82, 2.24) is 0 Å². The largest absolute Gasteiger partial charge is 0.497 e. The van der Waals surface area contributed by atoms with Crippen molar-refractivity contribution in [2.75, 3.05) is 13.7 Å². The van der Waals surface area contributed by atoms with Gasteiger partial charge in [-0.25, -0.2) is 0 Å². The number of carbonyl (C=O) groups excluding carboxylic acids is 1. The van der Waals surface area contributed by atoms with E-state index < -0.39 is 0 Å². The quantitative estimate of drug-likeness (QED) is 0.837. The van der Waals surface area contributed by atoms with E-state index in [0.29, 0.717) is 5.56 Å². The summed E-state index contributed by atoms with van der Waals surface area (Å²) in [6, 6.07) is 15.2. The Labute approximate surface area is 106 Å². The van der Waals surface area contributed by atoms with Crippen LogP contribution < -0.4 is 10.5 Å². The summed E-state index contributed by atoms with van der Waals surface area (Å²) in [7, 11) is 1.63. The lowest BCUT2D eigenvalue weighted by Gasteiger charge is -2.06. The van der Waals surface area contributed by atoms with Crippen molar-refractivity contribution in [2.24, 2.45) is 5.73 Å². The molecule has 0 atom stereocenters. The Morgan fingerprint density at radius 2 is 1.78 bits per heavy atom. The van der Waals surface area contributed by atoms with Crippen LogP contribution in [0.25, 0.3) is 11.1 Å². The van der Waals surface area contributed by atoms with Crippen molar-refractivity contribution in [3.63, 3.8) is 0 Å². The van der Waals surface area contributed by atoms with Crippen LogP contribution in [0.15, 0.2) is 48.5 Å². The van der Waals surface area contributed by atoms with Gasteiger partial charge in [0.15, 0.2) is 5.78 Å². The number of rotatable bonds is 4. The molecule has 0 aliphatic heterocycles. The van der Waals surface area contributed by atoms with Gasteiger partial charge in [-0.1, -0.05) is 30.3 Å². The molecule has 0 saturated carbocycles. The van der Waals surface area contributed by atoms with Crippen molar-refractivity contribution in [1.29, 1.82) is 0 Å². The molecule has 0 spiro atoms. The molecule has 92 valence electrons. The molecule has 3 nitrogen and oxygen atoms in total. The summed E-state index contributed by atoms with van der Waals surface area (Å²) in [5.41, 5.74) is 8.00. The molecule has 2 rings (SSSR count). The van der Waals surface area contributed by atoms with Crippen LogP contribution in [0.3, 0.4) is 0 Å².